The Morgan fingerprint density at radius 1 is 0.649 bits per heavy atom. The molecule has 2 rings (SSSR count). The number of hydrogen-bond acceptors (Lipinski definition) is 12. The summed E-state index contributed by atoms with van der Waals surface area (Å²) < 4.78 is 26.8. The summed E-state index contributed by atoms with van der Waals surface area (Å²) in [7, 11) is 1.65. The van der Waals surface area contributed by atoms with Gasteiger partial charge in [-0.3, -0.25) is 19.2 Å². The van der Waals surface area contributed by atoms with Crippen LogP contribution in [0.15, 0.2) is 48.5 Å². The molecule has 2 aromatic carbocycles. The molecule has 0 bridgehead atoms. The zero-order valence-electron chi connectivity index (χ0n) is 35.3. The van der Waals surface area contributed by atoms with Gasteiger partial charge in [0.2, 0.25) is 0 Å². The van der Waals surface area contributed by atoms with Crippen molar-refractivity contribution in [1.29, 1.82) is 0 Å². The van der Waals surface area contributed by atoms with E-state index in [1.807, 2.05) is 62.4 Å². The molecule has 0 aliphatic rings. The van der Waals surface area contributed by atoms with Crippen molar-refractivity contribution in [3.63, 3.8) is 0 Å². The van der Waals surface area contributed by atoms with Gasteiger partial charge in [-0.1, -0.05) is 73.5 Å². The number of aryl methyl sites for hydroxylation is 4. The van der Waals surface area contributed by atoms with Gasteiger partial charge in [0.25, 0.3) is 0 Å². The number of aliphatic hydroxyl groups is 2. The van der Waals surface area contributed by atoms with Crippen LogP contribution in [0.5, 0.6) is 0 Å². The van der Waals surface area contributed by atoms with E-state index < -0.39 is 61.0 Å². The van der Waals surface area contributed by atoms with Gasteiger partial charge in [0.05, 0.1) is 58.0 Å². The maximum absolute atomic E-state index is 13.3. The molecule has 0 radical (unpaired) electrons. The Labute approximate surface area is 338 Å². The number of quaternary nitrogens is 1. The molecule has 57 heavy (non-hydrogen) atoms. The fraction of sp³-hybridized carbons (Fsp3) is 0.614. The van der Waals surface area contributed by atoms with E-state index in [2.05, 4.69) is 0 Å². The highest BCUT2D eigenvalue weighted by molar-refractivity contribution is 5.73. The summed E-state index contributed by atoms with van der Waals surface area (Å²) in [6.45, 7) is 11.5. The first-order valence-electron chi connectivity index (χ1n) is 20.0. The minimum atomic E-state index is -1.04. The lowest BCUT2D eigenvalue weighted by Crippen LogP contribution is -2.53. The molecule has 0 saturated carbocycles. The standard InChI is InChI=1S/C44H66NO12/c1-31-13-19-35(20-14-31)23-17-33(3)41(50)53-29-37(27-46)55-39(48)11-9-25-45(8,43(52)57-44(5,6)7)26-10-12-40(49)56-38(28-47)30-54-42(51)34(4)18-24-36-21-15-32(2)16-22-36/h13-16,19-22,33-34,37-38,46-47H,9-12,17-18,23-30H2,1-8H3/q+1. The summed E-state index contributed by atoms with van der Waals surface area (Å²) in [6, 6.07) is 16.2. The molecule has 0 saturated heterocycles. The molecule has 0 spiro atoms. The van der Waals surface area contributed by atoms with Crippen molar-refractivity contribution in [2.75, 3.05) is 46.6 Å². The zero-order chi connectivity index (χ0) is 42.6. The lowest BCUT2D eigenvalue weighted by Gasteiger charge is -2.33. The fourth-order valence-corrected chi connectivity index (χ4v) is 5.70. The van der Waals surface area contributed by atoms with Crippen molar-refractivity contribution in [2.24, 2.45) is 11.8 Å². The molecule has 13 heteroatoms. The maximum Gasteiger partial charge on any atom is 0.516 e. The van der Waals surface area contributed by atoms with E-state index in [-0.39, 0.29) is 68.3 Å². The first-order chi connectivity index (χ1) is 26.8. The summed E-state index contributed by atoms with van der Waals surface area (Å²) in [4.78, 5) is 63.9. The van der Waals surface area contributed by atoms with E-state index in [0.717, 1.165) is 22.3 Å². The Balaban J connectivity index is 1.81. The van der Waals surface area contributed by atoms with E-state index in [9.17, 15) is 34.2 Å². The Morgan fingerprint density at radius 2 is 1.02 bits per heavy atom. The third kappa shape index (κ3) is 19.6. The summed E-state index contributed by atoms with van der Waals surface area (Å²) in [5.41, 5.74) is 3.76. The quantitative estimate of drug-likeness (QED) is 0.0725. The third-order valence-electron chi connectivity index (χ3n) is 9.50. The molecule has 0 aliphatic carbocycles. The van der Waals surface area contributed by atoms with Gasteiger partial charge in [0.1, 0.15) is 18.8 Å². The number of aliphatic hydroxyl groups excluding tert-OH is 2. The van der Waals surface area contributed by atoms with Crippen molar-refractivity contribution in [3.05, 3.63) is 70.8 Å². The molecule has 2 aromatic rings. The lowest BCUT2D eigenvalue weighted by molar-refractivity contribution is -0.839. The molecule has 4 unspecified atom stereocenters. The lowest BCUT2D eigenvalue weighted by atomic mass is 10.0. The SMILES string of the molecule is Cc1ccc(CCC(C)C(=O)OCC(CO)OC(=O)CCC[N+](C)(CCCC(=O)OC(CO)COC(=O)C(C)CCc2ccc(C)cc2)C(=O)OC(C)(C)C)cc1. The number of benzene rings is 2. The van der Waals surface area contributed by atoms with Crippen LogP contribution in [-0.2, 0) is 55.7 Å². The van der Waals surface area contributed by atoms with Crippen LogP contribution in [0, 0.1) is 25.7 Å². The van der Waals surface area contributed by atoms with E-state index in [1.165, 1.54) is 0 Å². The predicted molar refractivity (Wildman–Crippen MR) is 214 cm³/mol. The minimum absolute atomic E-state index is 0.0858. The van der Waals surface area contributed by atoms with E-state index >= 15 is 0 Å². The number of hydrogen-bond donors (Lipinski definition) is 2. The predicted octanol–water partition coefficient (Wildman–Crippen LogP) is 5.98. The van der Waals surface area contributed by atoms with E-state index in [0.29, 0.717) is 25.7 Å². The molecule has 4 atom stereocenters. The number of carbonyl (C=O) groups is 5. The molecule has 318 valence electrons. The second kappa shape index (κ2) is 24.4. The van der Waals surface area contributed by atoms with Crippen LogP contribution in [0.1, 0.15) is 95.4 Å². The molecular weight excluding hydrogens is 734 g/mol. The summed E-state index contributed by atoms with van der Waals surface area (Å²) in [6.07, 6.45) is 0.213. The number of rotatable bonds is 24. The zero-order valence-corrected chi connectivity index (χ0v) is 35.3. The normalized spacial score (nSPS) is 14.6. The largest absolute Gasteiger partial charge is 0.516 e. The minimum Gasteiger partial charge on any atom is -0.461 e. The number of esters is 4. The summed E-state index contributed by atoms with van der Waals surface area (Å²) in [5, 5.41) is 19.6. The van der Waals surface area contributed by atoms with E-state index in [1.54, 1.807) is 41.7 Å². The Bertz CT molecular complexity index is 1450. The third-order valence-corrected chi connectivity index (χ3v) is 9.50. The van der Waals surface area contributed by atoms with Gasteiger partial charge in [0.15, 0.2) is 12.2 Å². The van der Waals surface area contributed by atoms with Gasteiger partial charge >= 0.3 is 30.0 Å². The van der Waals surface area contributed by atoms with Crippen LogP contribution in [0.3, 0.4) is 0 Å². The average Bonchev–Trinajstić information content (AvgIpc) is 3.16. The molecule has 0 aliphatic heterocycles. The highest BCUT2D eigenvalue weighted by Crippen LogP contribution is 2.19. The maximum atomic E-state index is 13.3. The number of nitrogens with zero attached hydrogens (tertiary/aromatic N) is 1. The van der Waals surface area contributed by atoms with Gasteiger partial charge in [-0.25, -0.2) is 4.48 Å². The van der Waals surface area contributed by atoms with Gasteiger partial charge in [0, 0.05) is 12.8 Å². The molecule has 0 heterocycles. The Kier molecular flexibility index (Phi) is 20.9. The molecular formula is C44H66NO12+. The van der Waals surface area contributed by atoms with Crippen molar-refractivity contribution < 1.29 is 62.4 Å². The highest BCUT2D eigenvalue weighted by Gasteiger charge is 2.37. The molecule has 2 N–H and O–H groups in total. The van der Waals surface area contributed by atoms with Crippen LogP contribution in [0.4, 0.5) is 4.79 Å². The average molecular weight is 801 g/mol. The van der Waals surface area contributed by atoms with Gasteiger partial charge < -0.3 is 33.9 Å². The smallest absolute Gasteiger partial charge is 0.461 e. The van der Waals surface area contributed by atoms with Crippen LogP contribution < -0.4 is 0 Å². The number of amides is 1. The van der Waals surface area contributed by atoms with Gasteiger partial charge in [-0.15, -0.1) is 0 Å². The molecule has 13 nitrogen and oxygen atoms in total. The Morgan fingerprint density at radius 3 is 1.35 bits per heavy atom. The van der Waals surface area contributed by atoms with Gasteiger partial charge in [-0.2, -0.15) is 4.79 Å². The molecule has 0 fully saturated rings. The number of carbonyl (C=O) groups excluding carboxylic acids is 5. The van der Waals surface area contributed by atoms with Gasteiger partial charge in [-0.05, 0) is 71.4 Å². The monoisotopic (exact) mass is 800 g/mol. The first kappa shape index (κ1) is 48.8. The fourth-order valence-electron chi connectivity index (χ4n) is 5.70. The molecule has 1 amide bonds. The second-order valence-corrected chi connectivity index (χ2v) is 16.2. The summed E-state index contributed by atoms with van der Waals surface area (Å²) >= 11 is 0. The van der Waals surface area contributed by atoms with Crippen LogP contribution in [0.25, 0.3) is 0 Å². The molecule has 0 aromatic heterocycles. The van der Waals surface area contributed by atoms with Crippen molar-refractivity contribution in [2.45, 2.75) is 118 Å². The topological polar surface area (TPSA) is 172 Å². The van der Waals surface area contributed by atoms with Crippen molar-refractivity contribution >= 4 is 30.0 Å². The van der Waals surface area contributed by atoms with Crippen LogP contribution in [-0.4, -0.2) is 109 Å². The van der Waals surface area contributed by atoms with E-state index in [4.69, 9.17) is 23.7 Å². The van der Waals surface area contributed by atoms with Crippen molar-refractivity contribution in [1.82, 2.24) is 0 Å². The highest BCUT2D eigenvalue weighted by atomic mass is 16.6. The number of ether oxygens (including phenoxy) is 5. The van der Waals surface area contributed by atoms with Crippen LogP contribution >= 0.6 is 0 Å². The van der Waals surface area contributed by atoms with Crippen LogP contribution in [0.2, 0.25) is 0 Å². The van der Waals surface area contributed by atoms with Crippen molar-refractivity contribution in [3.8, 4) is 0 Å². The second-order valence-electron chi connectivity index (χ2n) is 16.2. The Hall–Kier alpha value is -4.33. The first-order valence-corrected chi connectivity index (χ1v) is 20.0. The summed E-state index contributed by atoms with van der Waals surface area (Å²) in [5.74, 6) is -2.93.